The molecule has 1 amide bonds. The number of carbonyl (C=O) groups excluding carboxylic acids is 1. The molecule has 0 saturated heterocycles. The van der Waals surface area contributed by atoms with E-state index in [1.165, 1.54) is 6.07 Å². The number of halogens is 1. The quantitative estimate of drug-likeness (QED) is 0.620. The van der Waals surface area contributed by atoms with Crippen molar-refractivity contribution in [1.82, 2.24) is 5.32 Å². The van der Waals surface area contributed by atoms with Crippen LogP contribution in [0, 0.1) is 10.1 Å². The number of amides is 1. The van der Waals surface area contributed by atoms with E-state index in [4.69, 9.17) is 11.6 Å². The Morgan fingerprint density at radius 3 is 2.77 bits per heavy atom. The molecule has 6 heteroatoms. The van der Waals surface area contributed by atoms with Crippen molar-refractivity contribution in [3.05, 3.63) is 73.8 Å². The van der Waals surface area contributed by atoms with Gasteiger partial charge in [0, 0.05) is 28.3 Å². The zero-order valence-electron chi connectivity index (χ0n) is 14.6. The van der Waals surface area contributed by atoms with Gasteiger partial charge in [0.1, 0.15) is 0 Å². The van der Waals surface area contributed by atoms with Crippen molar-refractivity contribution >= 4 is 23.2 Å². The van der Waals surface area contributed by atoms with E-state index in [9.17, 15) is 14.9 Å². The molecule has 0 aromatic heterocycles. The van der Waals surface area contributed by atoms with Gasteiger partial charge < -0.3 is 5.32 Å². The topological polar surface area (TPSA) is 72.2 Å². The highest BCUT2D eigenvalue weighted by molar-refractivity contribution is 6.31. The van der Waals surface area contributed by atoms with Crippen LogP contribution in [0.3, 0.4) is 0 Å². The van der Waals surface area contributed by atoms with Gasteiger partial charge in [0.05, 0.1) is 4.92 Å². The lowest BCUT2D eigenvalue weighted by molar-refractivity contribution is -0.385. The van der Waals surface area contributed by atoms with Crippen molar-refractivity contribution in [2.24, 2.45) is 0 Å². The third-order valence-corrected chi connectivity index (χ3v) is 5.21. The number of nitrogens with zero attached hydrogens (tertiary/aromatic N) is 1. The molecule has 136 valence electrons. The van der Waals surface area contributed by atoms with Gasteiger partial charge in [0.2, 0.25) is 0 Å². The lowest BCUT2D eigenvalue weighted by Crippen LogP contribution is -2.39. The molecule has 3 rings (SSSR count). The lowest BCUT2D eigenvalue weighted by atomic mass is 9.87. The van der Waals surface area contributed by atoms with Gasteiger partial charge in [-0.05, 0) is 48.9 Å². The van der Waals surface area contributed by atoms with Crippen molar-refractivity contribution in [3.63, 3.8) is 0 Å². The van der Waals surface area contributed by atoms with Crippen LogP contribution in [0.4, 0.5) is 5.69 Å². The van der Waals surface area contributed by atoms with Crippen molar-refractivity contribution in [2.75, 3.05) is 0 Å². The van der Waals surface area contributed by atoms with Crippen LogP contribution in [0.25, 0.3) is 0 Å². The minimum atomic E-state index is -0.366. The number of benzene rings is 2. The Morgan fingerprint density at radius 1 is 1.27 bits per heavy atom. The highest BCUT2D eigenvalue weighted by Crippen LogP contribution is 2.34. The molecule has 5 nitrogen and oxygen atoms in total. The van der Waals surface area contributed by atoms with E-state index in [0.29, 0.717) is 35.4 Å². The van der Waals surface area contributed by atoms with E-state index in [0.717, 1.165) is 24.0 Å². The fourth-order valence-corrected chi connectivity index (χ4v) is 3.86. The monoisotopic (exact) mass is 372 g/mol. The van der Waals surface area contributed by atoms with E-state index >= 15 is 0 Å². The molecule has 0 radical (unpaired) electrons. The Bertz CT molecular complexity index is 851. The number of rotatable bonds is 5. The zero-order chi connectivity index (χ0) is 18.7. The Labute approximate surface area is 157 Å². The van der Waals surface area contributed by atoms with Crippen molar-refractivity contribution in [2.45, 2.75) is 45.1 Å². The van der Waals surface area contributed by atoms with Crippen LogP contribution >= 0.6 is 11.6 Å². The average Bonchev–Trinajstić information content (AvgIpc) is 2.63. The lowest BCUT2D eigenvalue weighted by Gasteiger charge is -2.26. The maximum absolute atomic E-state index is 12.7. The molecular weight excluding hydrogens is 352 g/mol. The summed E-state index contributed by atoms with van der Waals surface area (Å²) in [6.07, 6.45) is 3.54. The number of aryl methyl sites for hydroxylation is 1. The highest BCUT2D eigenvalue weighted by atomic mass is 35.5. The van der Waals surface area contributed by atoms with E-state index in [1.54, 1.807) is 6.07 Å². The van der Waals surface area contributed by atoms with Crippen LogP contribution in [0.15, 0.2) is 36.4 Å². The molecular formula is C20H21ClN2O3. The second-order valence-corrected chi connectivity index (χ2v) is 7.01. The average molecular weight is 373 g/mol. The largest absolute Gasteiger partial charge is 0.349 e. The summed E-state index contributed by atoms with van der Waals surface area (Å²) in [6, 6.07) is 10.6. The number of nitrogens with one attached hydrogen (secondary N) is 1. The predicted octanol–water partition coefficient (Wildman–Crippen LogP) is 4.49. The first-order valence-corrected chi connectivity index (χ1v) is 9.22. The summed E-state index contributed by atoms with van der Waals surface area (Å²) in [5, 5.41) is 14.8. The molecule has 0 heterocycles. The molecule has 0 fully saturated rings. The Balaban J connectivity index is 1.79. The first kappa shape index (κ1) is 18.4. The number of fused-ring (bicyclic) bond motifs is 1. The fraction of sp³-hybridized carbons (Fsp3) is 0.350. The van der Waals surface area contributed by atoms with Crippen molar-refractivity contribution in [1.29, 1.82) is 0 Å². The zero-order valence-corrected chi connectivity index (χ0v) is 15.4. The number of nitro benzene ring substituents is 1. The second-order valence-electron chi connectivity index (χ2n) is 6.60. The summed E-state index contributed by atoms with van der Waals surface area (Å²) in [5.74, 6) is -0.0935. The summed E-state index contributed by atoms with van der Waals surface area (Å²) in [4.78, 5) is 23.6. The standard InChI is InChI=1S/C20H21ClN2O3/c1-2-5-13-6-3-4-7-15(13)20(24)22-14-8-9-16-17(12-14)18(21)10-11-19(16)23(25)26/h3-4,6-7,10-11,14H,2,5,8-9,12H2,1H3,(H,22,24). The van der Waals surface area contributed by atoms with Crippen LogP contribution in [0.5, 0.6) is 0 Å². The maximum Gasteiger partial charge on any atom is 0.272 e. The number of carbonyl (C=O) groups is 1. The molecule has 26 heavy (non-hydrogen) atoms. The molecule has 0 spiro atoms. The van der Waals surface area contributed by atoms with Crippen LogP contribution < -0.4 is 5.32 Å². The molecule has 1 aliphatic rings. The summed E-state index contributed by atoms with van der Waals surface area (Å²) in [5.41, 5.74) is 3.32. The van der Waals surface area contributed by atoms with Crippen LogP contribution in [-0.2, 0) is 19.3 Å². The van der Waals surface area contributed by atoms with Gasteiger partial charge in [-0.25, -0.2) is 0 Å². The second kappa shape index (κ2) is 7.87. The number of hydrogen-bond acceptors (Lipinski definition) is 3. The summed E-state index contributed by atoms with van der Waals surface area (Å²) in [7, 11) is 0. The van der Waals surface area contributed by atoms with Gasteiger partial charge in [-0.15, -0.1) is 0 Å². The van der Waals surface area contributed by atoms with E-state index < -0.39 is 0 Å². The van der Waals surface area contributed by atoms with Gasteiger partial charge in [-0.2, -0.15) is 0 Å². The van der Waals surface area contributed by atoms with Crippen LogP contribution in [0.1, 0.15) is 46.8 Å². The Hall–Kier alpha value is -2.40. The molecule has 1 atom stereocenters. The third-order valence-electron chi connectivity index (χ3n) is 4.86. The molecule has 1 N–H and O–H groups in total. The van der Waals surface area contributed by atoms with Gasteiger partial charge >= 0.3 is 0 Å². The van der Waals surface area contributed by atoms with Gasteiger partial charge in [-0.3, -0.25) is 14.9 Å². The predicted molar refractivity (Wildman–Crippen MR) is 102 cm³/mol. The normalized spacial score (nSPS) is 16.0. The van der Waals surface area contributed by atoms with Crippen molar-refractivity contribution < 1.29 is 9.72 Å². The molecule has 0 bridgehead atoms. The minimum absolute atomic E-state index is 0.0795. The van der Waals surface area contributed by atoms with Gasteiger partial charge in [0.15, 0.2) is 0 Å². The molecule has 0 aliphatic heterocycles. The molecule has 2 aromatic rings. The van der Waals surface area contributed by atoms with E-state index in [2.05, 4.69) is 12.2 Å². The minimum Gasteiger partial charge on any atom is -0.349 e. The molecule has 1 unspecified atom stereocenters. The van der Waals surface area contributed by atoms with Gasteiger partial charge in [0.25, 0.3) is 11.6 Å². The first-order valence-electron chi connectivity index (χ1n) is 8.84. The maximum atomic E-state index is 12.7. The smallest absolute Gasteiger partial charge is 0.272 e. The van der Waals surface area contributed by atoms with Crippen LogP contribution in [-0.4, -0.2) is 16.9 Å². The Kier molecular flexibility index (Phi) is 5.57. The summed E-state index contributed by atoms with van der Waals surface area (Å²) in [6.45, 7) is 2.08. The fourth-order valence-electron chi connectivity index (χ4n) is 3.61. The molecule has 1 aliphatic carbocycles. The first-order chi connectivity index (χ1) is 12.5. The Morgan fingerprint density at radius 2 is 2.04 bits per heavy atom. The number of nitro groups is 1. The van der Waals surface area contributed by atoms with Crippen LogP contribution in [0.2, 0.25) is 5.02 Å². The van der Waals surface area contributed by atoms with Crippen molar-refractivity contribution in [3.8, 4) is 0 Å². The summed E-state index contributed by atoms with van der Waals surface area (Å²) < 4.78 is 0. The molecule has 2 aromatic carbocycles. The SMILES string of the molecule is CCCc1ccccc1C(=O)NC1CCc2c([N+](=O)[O-])ccc(Cl)c2C1. The molecule has 0 saturated carbocycles. The van der Waals surface area contributed by atoms with E-state index in [-0.39, 0.29) is 22.6 Å². The summed E-state index contributed by atoms with van der Waals surface area (Å²) >= 11 is 6.27. The number of hydrogen-bond donors (Lipinski definition) is 1. The van der Waals surface area contributed by atoms with Gasteiger partial charge in [-0.1, -0.05) is 43.1 Å². The van der Waals surface area contributed by atoms with E-state index in [1.807, 2.05) is 24.3 Å². The third kappa shape index (κ3) is 3.73. The highest BCUT2D eigenvalue weighted by Gasteiger charge is 2.28.